The van der Waals surface area contributed by atoms with E-state index in [-0.39, 0.29) is 11.7 Å². The zero-order valence-electron chi connectivity index (χ0n) is 12.0. The third kappa shape index (κ3) is 3.98. The van der Waals surface area contributed by atoms with Crippen LogP contribution in [0.15, 0.2) is 18.2 Å². The number of methoxy groups -OCH3 is 1. The predicted octanol–water partition coefficient (Wildman–Crippen LogP) is 3.57. The molecular weight excluding hydrogens is 229 g/mol. The van der Waals surface area contributed by atoms with Crippen LogP contribution >= 0.6 is 0 Å². The quantitative estimate of drug-likeness (QED) is 0.836. The van der Waals surface area contributed by atoms with Crippen molar-refractivity contribution in [3.05, 3.63) is 29.6 Å². The average molecular weight is 253 g/mol. The number of halogens is 1. The second-order valence-corrected chi connectivity index (χ2v) is 5.22. The summed E-state index contributed by atoms with van der Waals surface area (Å²) in [6.45, 7) is 9.34. The second kappa shape index (κ2) is 6.74. The third-order valence-electron chi connectivity index (χ3n) is 3.40. The van der Waals surface area contributed by atoms with Crippen LogP contribution in [0.25, 0.3) is 0 Å². The summed E-state index contributed by atoms with van der Waals surface area (Å²) >= 11 is 0. The maximum absolute atomic E-state index is 13.9. The van der Waals surface area contributed by atoms with Crippen molar-refractivity contribution in [2.45, 2.75) is 39.7 Å². The van der Waals surface area contributed by atoms with E-state index in [4.69, 9.17) is 4.74 Å². The molecule has 0 aromatic heterocycles. The van der Waals surface area contributed by atoms with Gasteiger partial charge in [0.15, 0.2) is 0 Å². The number of rotatable bonds is 6. The van der Waals surface area contributed by atoms with Gasteiger partial charge in [0.25, 0.3) is 0 Å². The van der Waals surface area contributed by atoms with Crippen molar-refractivity contribution < 1.29 is 9.13 Å². The van der Waals surface area contributed by atoms with Crippen molar-refractivity contribution in [1.29, 1.82) is 0 Å². The Balaban J connectivity index is 2.73. The van der Waals surface area contributed by atoms with Gasteiger partial charge in [-0.15, -0.1) is 0 Å². The van der Waals surface area contributed by atoms with E-state index in [1.807, 2.05) is 12.1 Å². The van der Waals surface area contributed by atoms with Crippen LogP contribution in [-0.4, -0.2) is 19.7 Å². The summed E-state index contributed by atoms with van der Waals surface area (Å²) in [6, 6.07) is 5.55. The molecule has 0 amide bonds. The minimum atomic E-state index is -0.182. The number of benzene rings is 1. The minimum absolute atomic E-state index is 0.182. The average Bonchev–Trinajstić information content (AvgIpc) is 2.34. The molecule has 2 atom stereocenters. The summed E-state index contributed by atoms with van der Waals surface area (Å²) < 4.78 is 19.0. The zero-order chi connectivity index (χ0) is 13.7. The monoisotopic (exact) mass is 253 g/mol. The molecule has 2 unspecified atom stereocenters. The standard InChI is InChI=1S/C15H24FNO/c1-10(2)17-9-11(3)12(4)14-7-6-13(18-5)8-15(14)16/h6-8,10-12,17H,9H2,1-5H3. The Bertz CT molecular complexity index is 379. The van der Waals surface area contributed by atoms with Crippen LogP contribution in [0.4, 0.5) is 4.39 Å². The molecule has 0 aliphatic rings. The van der Waals surface area contributed by atoms with Gasteiger partial charge < -0.3 is 10.1 Å². The molecule has 0 fully saturated rings. The molecule has 1 rings (SSSR count). The van der Waals surface area contributed by atoms with Gasteiger partial charge in [0.2, 0.25) is 0 Å². The fraction of sp³-hybridized carbons (Fsp3) is 0.600. The maximum atomic E-state index is 13.9. The Morgan fingerprint density at radius 3 is 2.39 bits per heavy atom. The lowest BCUT2D eigenvalue weighted by atomic mass is 9.88. The summed E-state index contributed by atoms with van der Waals surface area (Å²) in [4.78, 5) is 0. The Morgan fingerprint density at radius 2 is 1.89 bits per heavy atom. The van der Waals surface area contributed by atoms with Gasteiger partial charge in [0, 0.05) is 12.1 Å². The van der Waals surface area contributed by atoms with Gasteiger partial charge in [-0.3, -0.25) is 0 Å². The lowest BCUT2D eigenvalue weighted by Crippen LogP contribution is -2.30. The van der Waals surface area contributed by atoms with E-state index >= 15 is 0 Å². The normalized spacial score (nSPS) is 14.6. The van der Waals surface area contributed by atoms with Gasteiger partial charge in [0.1, 0.15) is 11.6 Å². The number of hydrogen-bond donors (Lipinski definition) is 1. The molecule has 0 aliphatic heterocycles. The first-order chi connectivity index (χ1) is 8.45. The second-order valence-electron chi connectivity index (χ2n) is 5.22. The number of ether oxygens (including phenoxy) is 1. The predicted molar refractivity (Wildman–Crippen MR) is 73.7 cm³/mol. The van der Waals surface area contributed by atoms with Crippen molar-refractivity contribution in [3.8, 4) is 5.75 Å². The maximum Gasteiger partial charge on any atom is 0.130 e. The summed E-state index contributed by atoms with van der Waals surface area (Å²) in [5.41, 5.74) is 0.758. The molecule has 0 heterocycles. The van der Waals surface area contributed by atoms with Crippen molar-refractivity contribution in [2.75, 3.05) is 13.7 Å². The molecule has 18 heavy (non-hydrogen) atoms. The smallest absolute Gasteiger partial charge is 0.130 e. The van der Waals surface area contributed by atoms with Crippen LogP contribution in [0.1, 0.15) is 39.2 Å². The Hall–Kier alpha value is -1.09. The molecule has 1 N–H and O–H groups in total. The van der Waals surface area contributed by atoms with Gasteiger partial charge >= 0.3 is 0 Å². The topological polar surface area (TPSA) is 21.3 Å². The van der Waals surface area contributed by atoms with E-state index in [0.29, 0.717) is 17.7 Å². The van der Waals surface area contributed by atoms with Gasteiger partial charge in [-0.1, -0.05) is 33.8 Å². The van der Waals surface area contributed by atoms with Crippen LogP contribution in [-0.2, 0) is 0 Å². The highest BCUT2D eigenvalue weighted by Gasteiger charge is 2.18. The van der Waals surface area contributed by atoms with Gasteiger partial charge in [-0.05, 0) is 30.0 Å². The fourth-order valence-corrected chi connectivity index (χ4v) is 1.91. The molecule has 1 aromatic rings. The van der Waals surface area contributed by atoms with Crippen molar-refractivity contribution in [1.82, 2.24) is 5.32 Å². The van der Waals surface area contributed by atoms with Crippen LogP contribution in [0, 0.1) is 11.7 Å². The molecule has 0 aliphatic carbocycles. The highest BCUT2D eigenvalue weighted by molar-refractivity contribution is 5.31. The van der Waals surface area contributed by atoms with E-state index in [0.717, 1.165) is 12.1 Å². The van der Waals surface area contributed by atoms with Crippen molar-refractivity contribution >= 4 is 0 Å². The molecule has 1 aromatic carbocycles. The first-order valence-corrected chi connectivity index (χ1v) is 6.52. The first kappa shape index (κ1) is 15.0. The van der Waals surface area contributed by atoms with E-state index in [9.17, 15) is 4.39 Å². The molecule has 2 nitrogen and oxygen atoms in total. The highest BCUT2D eigenvalue weighted by atomic mass is 19.1. The lowest BCUT2D eigenvalue weighted by Gasteiger charge is -2.22. The van der Waals surface area contributed by atoms with E-state index in [1.165, 1.54) is 6.07 Å². The molecule has 102 valence electrons. The van der Waals surface area contributed by atoms with Gasteiger partial charge in [-0.25, -0.2) is 4.39 Å². The van der Waals surface area contributed by atoms with E-state index < -0.39 is 0 Å². The SMILES string of the molecule is COc1ccc(C(C)C(C)CNC(C)C)c(F)c1. The van der Waals surface area contributed by atoms with Gasteiger partial charge in [0.05, 0.1) is 7.11 Å². The fourth-order valence-electron chi connectivity index (χ4n) is 1.91. The van der Waals surface area contributed by atoms with Crippen LogP contribution in [0.3, 0.4) is 0 Å². The molecule has 0 saturated heterocycles. The molecule has 0 spiro atoms. The van der Waals surface area contributed by atoms with Crippen LogP contribution in [0.5, 0.6) is 5.75 Å². The minimum Gasteiger partial charge on any atom is -0.497 e. The molecule has 0 radical (unpaired) electrons. The largest absolute Gasteiger partial charge is 0.497 e. The Labute approximate surface area is 110 Å². The highest BCUT2D eigenvalue weighted by Crippen LogP contribution is 2.28. The lowest BCUT2D eigenvalue weighted by molar-refractivity contribution is 0.402. The van der Waals surface area contributed by atoms with Crippen molar-refractivity contribution in [2.24, 2.45) is 5.92 Å². The Morgan fingerprint density at radius 1 is 1.22 bits per heavy atom. The van der Waals surface area contributed by atoms with Crippen LogP contribution < -0.4 is 10.1 Å². The summed E-state index contributed by atoms with van der Waals surface area (Å²) in [5, 5.41) is 3.39. The third-order valence-corrected chi connectivity index (χ3v) is 3.40. The summed E-state index contributed by atoms with van der Waals surface area (Å²) in [5.74, 6) is 0.951. The van der Waals surface area contributed by atoms with E-state index in [1.54, 1.807) is 7.11 Å². The molecular formula is C15H24FNO. The molecule has 0 bridgehead atoms. The number of hydrogen-bond acceptors (Lipinski definition) is 2. The summed E-state index contributed by atoms with van der Waals surface area (Å²) in [6.07, 6.45) is 0. The van der Waals surface area contributed by atoms with Crippen LogP contribution in [0.2, 0.25) is 0 Å². The molecule has 0 saturated carbocycles. The van der Waals surface area contributed by atoms with E-state index in [2.05, 4.69) is 33.0 Å². The first-order valence-electron chi connectivity index (χ1n) is 6.52. The number of nitrogens with one attached hydrogen (secondary N) is 1. The van der Waals surface area contributed by atoms with Crippen molar-refractivity contribution in [3.63, 3.8) is 0 Å². The van der Waals surface area contributed by atoms with Gasteiger partial charge in [-0.2, -0.15) is 0 Å². The zero-order valence-corrected chi connectivity index (χ0v) is 12.0. The summed E-state index contributed by atoms with van der Waals surface area (Å²) in [7, 11) is 1.55. The molecule has 3 heteroatoms. The Kier molecular flexibility index (Phi) is 5.60.